The third kappa shape index (κ3) is 2.67. The first-order valence-electron chi connectivity index (χ1n) is 4.64. The molecule has 0 saturated heterocycles. The molecule has 98 valence electrons. The predicted octanol–water partition coefficient (Wildman–Crippen LogP) is 1.85. The van der Waals surface area contributed by atoms with Crippen LogP contribution in [0.2, 0.25) is 0 Å². The molecule has 0 saturated carbocycles. The summed E-state index contributed by atoms with van der Waals surface area (Å²) >= 11 is 2.83. The average Bonchev–Trinajstić information content (AvgIpc) is 2.28. The van der Waals surface area contributed by atoms with E-state index in [0.29, 0.717) is 0 Å². The Morgan fingerprint density at radius 3 is 2.44 bits per heavy atom. The summed E-state index contributed by atoms with van der Waals surface area (Å²) in [6.45, 7) is 1.36. The topological polar surface area (TPSA) is 115 Å². The summed E-state index contributed by atoms with van der Waals surface area (Å²) in [5.41, 5.74) is -1.04. The standard InChI is InChI=1S/C9H8BrNO6S/c1-2-18(16,17)7-4-5(9(12)13)3-6(8(7)10)11(14)15/h3-4H,2H2,1H3,(H,12,13). The molecule has 0 radical (unpaired) electrons. The summed E-state index contributed by atoms with van der Waals surface area (Å²) in [4.78, 5) is 20.3. The Kier molecular flexibility index (Phi) is 4.07. The number of nitro groups is 1. The van der Waals surface area contributed by atoms with E-state index < -0.39 is 36.9 Å². The van der Waals surface area contributed by atoms with Crippen LogP contribution >= 0.6 is 15.9 Å². The van der Waals surface area contributed by atoms with Gasteiger partial charge in [0.2, 0.25) is 0 Å². The van der Waals surface area contributed by atoms with Crippen LogP contribution in [-0.4, -0.2) is 30.2 Å². The van der Waals surface area contributed by atoms with Crippen molar-refractivity contribution in [1.29, 1.82) is 0 Å². The lowest BCUT2D eigenvalue weighted by molar-refractivity contribution is -0.385. The van der Waals surface area contributed by atoms with Gasteiger partial charge in [0.05, 0.1) is 21.1 Å². The Balaban J connectivity index is 3.72. The van der Waals surface area contributed by atoms with Gasteiger partial charge in [-0.25, -0.2) is 13.2 Å². The monoisotopic (exact) mass is 337 g/mol. The van der Waals surface area contributed by atoms with Crippen molar-refractivity contribution in [2.75, 3.05) is 5.75 Å². The zero-order valence-electron chi connectivity index (χ0n) is 9.08. The number of hydrogen-bond donors (Lipinski definition) is 1. The predicted molar refractivity (Wildman–Crippen MR) is 65.5 cm³/mol. The highest BCUT2D eigenvalue weighted by molar-refractivity contribution is 9.10. The van der Waals surface area contributed by atoms with Crippen molar-refractivity contribution in [2.45, 2.75) is 11.8 Å². The number of nitrogens with zero attached hydrogens (tertiary/aromatic N) is 1. The Bertz CT molecular complexity index is 624. The van der Waals surface area contributed by atoms with Crippen molar-refractivity contribution in [2.24, 2.45) is 0 Å². The minimum absolute atomic E-state index is 0.237. The molecule has 0 aliphatic heterocycles. The van der Waals surface area contributed by atoms with Gasteiger partial charge in [-0.2, -0.15) is 0 Å². The molecule has 0 unspecified atom stereocenters. The SMILES string of the molecule is CCS(=O)(=O)c1cc(C(=O)O)cc([N+](=O)[O-])c1Br. The summed E-state index contributed by atoms with van der Waals surface area (Å²) in [5.74, 6) is -1.72. The molecule has 0 fully saturated rings. The third-order valence-electron chi connectivity index (χ3n) is 2.18. The first kappa shape index (κ1) is 14.6. The molecule has 0 atom stereocenters. The molecule has 18 heavy (non-hydrogen) atoms. The Morgan fingerprint density at radius 1 is 1.50 bits per heavy atom. The molecule has 1 rings (SSSR count). The zero-order chi connectivity index (χ0) is 14.1. The van der Waals surface area contributed by atoms with E-state index in [1.165, 1.54) is 6.92 Å². The van der Waals surface area contributed by atoms with E-state index in [9.17, 15) is 23.3 Å². The summed E-state index contributed by atoms with van der Waals surface area (Å²) in [6, 6.07) is 1.71. The number of carbonyl (C=O) groups is 1. The van der Waals surface area contributed by atoms with Crippen molar-refractivity contribution in [3.05, 3.63) is 32.3 Å². The molecule has 0 aliphatic carbocycles. The fourth-order valence-corrected chi connectivity index (χ4v) is 3.33. The molecule has 0 bridgehead atoms. The van der Waals surface area contributed by atoms with Gasteiger partial charge in [-0.3, -0.25) is 10.1 Å². The van der Waals surface area contributed by atoms with Crippen molar-refractivity contribution >= 4 is 37.4 Å². The van der Waals surface area contributed by atoms with E-state index >= 15 is 0 Å². The Labute approximate surface area is 111 Å². The fraction of sp³-hybridized carbons (Fsp3) is 0.222. The van der Waals surface area contributed by atoms with Crippen molar-refractivity contribution in [1.82, 2.24) is 0 Å². The van der Waals surface area contributed by atoms with Crippen molar-refractivity contribution in [3.8, 4) is 0 Å². The normalized spacial score (nSPS) is 11.2. The average molecular weight is 338 g/mol. The van der Waals surface area contributed by atoms with E-state index in [4.69, 9.17) is 5.11 Å². The third-order valence-corrected chi connectivity index (χ3v) is 5.03. The molecule has 0 aromatic heterocycles. The largest absolute Gasteiger partial charge is 0.478 e. The van der Waals surface area contributed by atoms with Crippen LogP contribution in [0, 0.1) is 10.1 Å². The number of nitro benzene ring substituents is 1. The van der Waals surface area contributed by atoms with Crippen LogP contribution in [0.5, 0.6) is 0 Å². The summed E-state index contributed by atoms with van der Waals surface area (Å²) in [5, 5.41) is 19.6. The number of hydrogen-bond acceptors (Lipinski definition) is 5. The van der Waals surface area contributed by atoms with Crippen LogP contribution < -0.4 is 0 Å². The summed E-state index contributed by atoms with van der Waals surface area (Å²) in [6.07, 6.45) is 0. The van der Waals surface area contributed by atoms with Crippen LogP contribution in [0.3, 0.4) is 0 Å². The van der Waals surface area contributed by atoms with E-state index in [-0.39, 0.29) is 10.2 Å². The Morgan fingerprint density at radius 2 is 2.06 bits per heavy atom. The molecule has 0 heterocycles. The quantitative estimate of drug-likeness (QED) is 0.662. The number of benzene rings is 1. The van der Waals surface area contributed by atoms with Crippen LogP contribution in [0.1, 0.15) is 17.3 Å². The lowest BCUT2D eigenvalue weighted by atomic mass is 10.2. The van der Waals surface area contributed by atoms with Gasteiger partial charge in [0.1, 0.15) is 4.47 Å². The maximum atomic E-state index is 11.7. The molecule has 0 amide bonds. The number of carboxylic acid groups (broad SMARTS) is 1. The maximum absolute atomic E-state index is 11.7. The van der Waals surface area contributed by atoms with Gasteiger partial charge in [0.15, 0.2) is 9.84 Å². The molecule has 1 aromatic carbocycles. The second kappa shape index (κ2) is 5.02. The molecule has 7 nitrogen and oxygen atoms in total. The van der Waals surface area contributed by atoms with Crippen molar-refractivity contribution in [3.63, 3.8) is 0 Å². The molecule has 1 N–H and O–H groups in total. The minimum atomic E-state index is -3.76. The molecular formula is C9H8BrNO6S. The van der Waals surface area contributed by atoms with E-state index in [1.807, 2.05) is 0 Å². The van der Waals surface area contributed by atoms with Crippen LogP contribution in [-0.2, 0) is 9.84 Å². The van der Waals surface area contributed by atoms with Crippen LogP contribution in [0.15, 0.2) is 21.5 Å². The lowest BCUT2D eigenvalue weighted by Gasteiger charge is -2.06. The number of carboxylic acids is 1. The van der Waals surface area contributed by atoms with Gasteiger partial charge in [-0.15, -0.1) is 0 Å². The number of sulfone groups is 1. The summed E-state index contributed by atoms with van der Waals surface area (Å²) in [7, 11) is -3.76. The number of halogens is 1. The summed E-state index contributed by atoms with van der Waals surface area (Å²) < 4.78 is 23.2. The number of aromatic carboxylic acids is 1. The highest BCUT2D eigenvalue weighted by atomic mass is 79.9. The van der Waals surface area contributed by atoms with E-state index in [0.717, 1.165) is 12.1 Å². The second-order valence-electron chi connectivity index (χ2n) is 3.27. The van der Waals surface area contributed by atoms with E-state index in [1.54, 1.807) is 0 Å². The van der Waals surface area contributed by atoms with E-state index in [2.05, 4.69) is 15.9 Å². The molecule has 0 aliphatic rings. The van der Waals surface area contributed by atoms with Crippen LogP contribution in [0.4, 0.5) is 5.69 Å². The van der Waals surface area contributed by atoms with Gasteiger partial charge >= 0.3 is 5.97 Å². The van der Waals surface area contributed by atoms with Gasteiger partial charge < -0.3 is 5.11 Å². The Hall–Kier alpha value is -1.48. The molecule has 0 spiro atoms. The number of rotatable bonds is 4. The fourth-order valence-electron chi connectivity index (χ4n) is 1.22. The second-order valence-corrected chi connectivity index (χ2v) is 6.31. The van der Waals surface area contributed by atoms with Gasteiger partial charge in [-0.1, -0.05) is 6.92 Å². The van der Waals surface area contributed by atoms with Crippen LogP contribution in [0.25, 0.3) is 0 Å². The maximum Gasteiger partial charge on any atom is 0.335 e. The highest BCUT2D eigenvalue weighted by Crippen LogP contribution is 2.33. The minimum Gasteiger partial charge on any atom is -0.478 e. The lowest BCUT2D eigenvalue weighted by Crippen LogP contribution is -2.09. The van der Waals surface area contributed by atoms with Gasteiger partial charge in [0, 0.05) is 6.07 Å². The van der Waals surface area contributed by atoms with Crippen molar-refractivity contribution < 1.29 is 23.2 Å². The highest BCUT2D eigenvalue weighted by Gasteiger charge is 2.26. The molecule has 9 heteroatoms. The first-order valence-corrected chi connectivity index (χ1v) is 7.09. The molecular weight excluding hydrogens is 330 g/mol. The van der Waals surface area contributed by atoms with Gasteiger partial charge in [-0.05, 0) is 22.0 Å². The first-order chi connectivity index (χ1) is 8.20. The smallest absolute Gasteiger partial charge is 0.335 e. The zero-order valence-corrected chi connectivity index (χ0v) is 11.5. The van der Waals surface area contributed by atoms with Gasteiger partial charge in [0.25, 0.3) is 5.69 Å². The molecule has 1 aromatic rings.